The Labute approximate surface area is 73.4 Å². The second-order valence-electron chi connectivity index (χ2n) is 0.253. The van der Waals surface area contributed by atoms with Crippen LogP contribution in [0.2, 0.25) is 0 Å². The Morgan fingerprint density at radius 1 is 1.40 bits per heavy atom. The molecule has 0 aromatic heterocycles. The predicted molar refractivity (Wildman–Crippen MR) is 11.4 cm³/mol. The summed E-state index contributed by atoms with van der Waals surface area (Å²) in [7, 11) is -2.87. The van der Waals surface area contributed by atoms with Crippen molar-refractivity contribution in [3.05, 3.63) is 0 Å². The van der Waals surface area contributed by atoms with Gasteiger partial charge in [0.2, 0.25) is 0 Å². The smallest absolute Gasteiger partial charge is 0.786 e. The van der Waals surface area contributed by atoms with Gasteiger partial charge in [-0.05, 0) is 0 Å². The third-order valence-electron chi connectivity index (χ3n) is 0. The van der Waals surface area contributed by atoms with Gasteiger partial charge in [-0.25, -0.2) is 0 Å². The summed E-state index contributed by atoms with van der Waals surface area (Å²) in [5.41, 5.74) is 0. The van der Waals surface area contributed by atoms with Crippen molar-refractivity contribution in [1.82, 2.24) is 0 Å². The Balaban J connectivity index is 0. The molecule has 0 aliphatic heterocycles. The van der Waals surface area contributed by atoms with Crippen molar-refractivity contribution >= 4 is 8.60 Å². The average molecular weight is 120 g/mol. The molecule has 0 aromatic carbocycles. The second kappa shape index (κ2) is 5.95. The monoisotopic (exact) mass is 120 g/mol. The Morgan fingerprint density at radius 3 is 1.40 bits per heavy atom. The van der Waals surface area contributed by atoms with Crippen molar-refractivity contribution in [3.63, 3.8) is 0 Å². The van der Waals surface area contributed by atoms with Crippen molar-refractivity contribution in [2.75, 3.05) is 0 Å². The maximum atomic E-state index is 8.70. The maximum Gasteiger partial charge on any atom is 1.00 e. The zero-order valence-corrected chi connectivity index (χ0v) is 6.77. The average Bonchev–Trinajstić information content (AvgIpc) is 0.811. The van der Waals surface area contributed by atoms with E-state index in [1.165, 1.54) is 0 Å². The van der Waals surface area contributed by atoms with E-state index in [9.17, 15) is 0 Å². The van der Waals surface area contributed by atoms with Gasteiger partial charge in [-0.3, -0.25) is 0 Å². The van der Waals surface area contributed by atoms with Crippen LogP contribution in [-0.4, -0.2) is 9.79 Å². The molecule has 0 spiro atoms. The van der Waals surface area contributed by atoms with Gasteiger partial charge >= 0.3 is 51.4 Å². The molecule has 26 valence electrons. The molecule has 3 nitrogen and oxygen atoms in total. The molecule has 0 heterocycles. The Kier molecular flexibility index (Phi) is 11.9. The molecule has 0 fully saturated rings. The normalized spacial score (nSPS) is 7.20. The van der Waals surface area contributed by atoms with E-state index in [-0.39, 0.29) is 51.4 Å². The van der Waals surface area contributed by atoms with E-state index in [2.05, 4.69) is 0 Å². The summed E-state index contributed by atoms with van der Waals surface area (Å²) < 4.78 is 0. The first-order chi connectivity index (χ1) is 1.73. The van der Waals surface area contributed by atoms with E-state index in [4.69, 9.17) is 14.7 Å². The standard InChI is InChI=1S/K.H2O3P/c;1-4(2)3/h;1-2H/q+1;-1. The van der Waals surface area contributed by atoms with Gasteiger partial charge in [0, 0.05) is 0 Å². The zero-order chi connectivity index (χ0) is 3.58. The Morgan fingerprint density at radius 2 is 1.40 bits per heavy atom. The summed E-state index contributed by atoms with van der Waals surface area (Å²) in [4.78, 5) is 22.9. The fourth-order valence-corrected chi connectivity index (χ4v) is 0. The molecule has 0 saturated heterocycles. The van der Waals surface area contributed by atoms with Crippen LogP contribution in [0.4, 0.5) is 0 Å². The van der Waals surface area contributed by atoms with Crippen molar-refractivity contribution in [2.24, 2.45) is 0 Å². The molecule has 5 heteroatoms. The van der Waals surface area contributed by atoms with Crippen LogP contribution in [0.25, 0.3) is 0 Å². The molecule has 0 atom stereocenters. The van der Waals surface area contributed by atoms with E-state index in [1.807, 2.05) is 0 Å². The van der Waals surface area contributed by atoms with E-state index in [1.54, 1.807) is 0 Å². The quantitative estimate of drug-likeness (QED) is 0.250. The van der Waals surface area contributed by atoms with E-state index in [0.717, 1.165) is 0 Å². The molecule has 0 unspecified atom stereocenters. The molecule has 5 heavy (non-hydrogen) atoms. The third-order valence-corrected chi connectivity index (χ3v) is 0. The van der Waals surface area contributed by atoms with Crippen molar-refractivity contribution in [3.8, 4) is 0 Å². The summed E-state index contributed by atoms with van der Waals surface area (Å²) in [6.45, 7) is 0. The van der Waals surface area contributed by atoms with Gasteiger partial charge in [-0.2, -0.15) is 0 Å². The van der Waals surface area contributed by atoms with Gasteiger partial charge in [-0.15, -0.1) is 0 Å². The van der Waals surface area contributed by atoms with Gasteiger partial charge in [0.05, 0.1) is 8.60 Å². The van der Waals surface area contributed by atoms with Crippen LogP contribution in [0.15, 0.2) is 0 Å². The molecule has 0 saturated carbocycles. The number of rotatable bonds is 0. The topological polar surface area (TPSA) is 63.5 Å². The van der Waals surface area contributed by atoms with E-state index >= 15 is 0 Å². The molecule has 0 radical (unpaired) electrons. The number of hydrogen-bond donors (Lipinski definition) is 2. The predicted octanol–water partition coefficient (Wildman–Crippen LogP) is -4.44. The fraction of sp³-hybridized carbons (Fsp3) is 0. The van der Waals surface area contributed by atoms with Gasteiger partial charge < -0.3 is 14.7 Å². The first-order valence-corrected chi connectivity index (χ1v) is 1.75. The van der Waals surface area contributed by atoms with Crippen LogP contribution in [0, 0.1) is 0 Å². The minimum atomic E-state index is -2.87. The SMILES string of the molecule is [K+].[O-]P(O)O. The van der Waals surface area contributed by atoms with Crippen LogP contribution >= 0.6 is 8.60 Å². The Bertz CT molecular complexity index is 11.6. The molecule has 0 rings (SSSR count). The molecule has 0 aromatic rings. The molecule has 2 N–H and O–H groups in total. The third kappa shape index (κ3) is 24.4. The van der Waals surface area contributed by atoms with Crippen LogP contribution in [0.5, 0.6) is 0 Å². The van der Waals surface area contributed by atoms with Crippen LogP contribution < -0.4 is 56.3 Å². The largest absolute Gasteiger partial charge is 1.00 e. The van der Waals surface area contributed by atoms with Crippen LogP contribution in [0.3, 0.4) is 0 Å². The molecular formula is H2KO3P. The number of hydrogen-bond acceptors (Lipinski definition) is 3. The second-order valence-corrected chi connectivity index (χ2v) is 0.758. The molecular weight excluding hydrogens is 118 g/mol. The van der Waals surface area contributed by atoms with Crippen molar-refractivity contribution < 1.29 is 66.1 Å². The summed E-state index contributed by atoms with van der Waals surface area (Å²) >= 11 is 0. The molecule has 0 bridgehead atoms. The minimum absolute atomic E-state index is 0. The molecule has 0 aliphatic rings. The van der Waals surface area contributed by atoms with Crippen LogP contribution in [0.1, 0.15) is 0 Å². The van der Waals surface area contributed by atoms with Gasteiger partial charge in [0.1, 0.15) is 0 Å². The first kappa shape index (κ1) is 10.0. The summed E-state index contributed by atoms with van der Waals surface area (Å²) in [6, 6.07) is 0. The van der Waals surface area contributed by atoms with Crippen molar-refractivity contribution in [2.45, 2.75) is 0 Å². The zero-order valence-electron chi connectivity index (χ0n) is 2.75. The molecule has 0 amide bonds. The van der Waals surface area contributed by atoms with Gasteiger partial charge in [0.15, 0.2) is 0 Å². The maximum absolute atomic E-state index is 8.70. The minimum Gasteiger partial charge on any atom is -0.786 e. The first-order valence-electron chi connectivity index (χ1n) is 0.583. The summed E-state index contributed by atoms with van der Waals surface area (Å²) in [6.07, 6.45) is 0. The fourth-order valence-electron chi connectivity index (χ4n) is 0. The summed E-state index contributed by atoms with van der Waals surface area (Å²) in [5, 5.41) is 0. The van der Waals surface area contributed by atoms with Crippen LogP contribution in [-0.2, 0) is 0 Å². The molecule has 0 aliphatic carbocycles. The van der Waals surface area contributed by atoms with Crippen molar-refractivity contribution in [1.29, 1.82) is 0 Å². The van der Waals surface area contributed by atoms with E-state index in [0.29, 0.717) is 0 Å². The summed E-state index contributed by atoms with van der Waals surface area (Å²) in [5.74, 6) is 0. The van der Waals surface area contributed by atoms with Gasteiger partial charge in [0.25, 0.3) is 0 Å². The van der Waals surface area contributed by atoms with E-state index < -0.39 is 8.60 Å². The van der Waals surface area contributed by atoms with Gasteiger partial charge in [-0.1, -0.05) is 0 Å². The Hall–Kier alpha value is 1.95.